The van der Waals surface area contributed by atoms with Gasteiger partial charge in [0.05, 0.1) is 41.0 Å². The van der Waals surface area contributed by atoms with Crippen molar-refractivity contribution in [2.45, 2.75) is 31.2 Å². The van der Waals surface area contributed by atoms with Crippen molar-refractivity contribution in [1.82, 2.24) is 24.8 Å². The van der Waals surface area contributed by atoms with Crippen LogP contribution in [0, 0.1) is 5.82 Å². The summed E-state index contributed by atoms with van der Waals surface area (Å²) in [5.74, 6) is -0.793. The molecule has 2 N–H and O–H groups in total. The Balaban J connectivity index is 1.20. The average Bonchev–Trinajstić information content (AvgIpc) is 3.57. The monoisotopic (exact) mass is 523 g/mol. The number of hydrogen-bond donors (Lipinski definition) is 2. The van der Waals surface area contributed by atoms with Gasteiger partial charge in [-0.25, -0.2) is 22.2 Å². The molecule has 11 heteroatoms. The molecule has 1 aliphatic rings. The normalized spacial score (nSPS) is 15.8. The molecule has 4 aromatic rings. The number of carbonyl (C=O) groups excluding carboxylic acids is 1. The number of nitrogens with zero attached hydrogens (tertiary/aromatic N) is 3. The van der Waals surface area contributed by atoms with Gasteiger partial charge in [0.2, 0.25) is 10.0 Å². The summed E-state index contributed by atoms with van der Waals surface area (Å²) in [6.07, 6.45) is 6.42. The number of ether oxygens (including phenoxy) is 1. The van der Waals surface area contributed by atoms with E-state index in [0.717, 1.165) is 18.4 Å². The Bertz CT molecular complexity index is 1500. The van der Waals surface area contributed by atoms with E-state index in [1.165, 1.54) is 18.3 Å². The molecule has 0 aliphatic carbocycles. The third kappa shape index (κ3) is 6.01. The molecule has 1 atom stereocenters. The van der Waals surface area contributed by atoms with Crippen LogP contribution in [0.5, 0.6) is 0 Å². The molecule has 5 rings (SSSR count). The van der Waals surface area contributed by atoms with Gasteiger partial charge in [0.1, 0.15) is 5.82 Å². The van der Waals surface area contributed by atoms with Crippen molar-refractivity contribution < 1.29 is 22.3 Å². The van der Waals surface area contributed by atoms with Crippen molar-refractivity contribution in [3.05, 3.63) is 89.6 Å². The van der Waals surface area contributed by atoms with Gasteiger partial charge < -0.3 is 10.1 Å². The Hall–Kier alpha value is -3.67. The minimum Gasteiger partial charge on any atom is -0.377 e. The van der Waals surface area contributed by atoms with Crippen LogP contribution in [0.2, 0.25) is 0 Å². The lowest BCUT2D eigenvalue weighted by atomic mass is 10.1. The van der Waals surface area contributed by atoms with Gasteiger partial charge in [0.15, 0.2) is 0 Å². The SMILES string of the molecule is O=C(NCc1ccc(CS(=O)(=O)NCC2CCCO2)cc1)c1cncc2c1cnn2-c1ccc(F)cc1. The third-order valence-corrected chi connectivity index (χ3v) is 7.52. The number of nitrogens with one attached hydrogen (secondary N) is 2. The van der Waals surface area contributed by atoms with E-state index in [9.17, 15) is 17.6 Å². The van der Waals surface area contributed by atoms with E-state index in [0.29, 0.717) is 34.3 Å². The van der Waals surface area contributed by atoms with Crippen molar-refractivity contribution >= 4 is 26.8 Å². The zero-order valence-corrected chi connectivity index (χ0v) is 20.7. The maximum Gasteiger partial charge on any atom is 0.253 e. The Morgan fingerprint density at radius 2 is 1.81 bits per heavy atom. The van der Waals surface area contributed by atoms with Crippen molar-refractivity contribution in [3.8, 4) is 5.69 Å². The van der Waals surface area contributed by atoms with Crippen LogP contribution in [-0.4, -0.2) is 48.3 Å². The summed E-state index contributed by atoms with van der Waals surface area (Å²) in [4.78, 5) is 17.1. The first kappa shape index (κ1) is 25.0. The van der Waals surface area contributed by atoms with Crippen molar-refractivity contribution in [1.29, 1.82) is 0 Å². The highest BCUT2D eigenvalue weighted by atomic mass is 32.2. The fraction of sp³-hybridized carbons (Fsp3) is 0.269. The van der Waals surface area contributed by atoms with E-state index in [1.807, 2.05) is 0 Å². The number of pyridine rings is 1. The molecular formula is C26H26FN5O4S. The largest absolute Gasteiger partial charge is 0.377 e. The summed E-state index contributed by atoms with van der Waals surface area (Å²) in [5, 5.41) is 7.84. The van der Waals surface area contributed by atoms with E-state index < -0.39 is 10.0 Å². The first-order valence-corrected chi connectivity index (χ1v) is 13.6. The topological polar surface area (TPSA) is 115 Å². The van der Waals surface area contributed by atoms with Gasteiger partial charge in [-0.3, -0.25) is 9.78 Å². The Labute approximate surface area is 213 Å². The van der Waals surface area contributed by atoms with E-state index in [1.54, 1.807) is 53.5 Å². The van der Waals surface area contributed by atoms with Crippen molar-refractivity contribution in [2.24, 2.45) is 0 Å². The Kier molecular flexibility index (Phi) is 7.26. The number of rotatable bonds is 9. The summed E-state index contributed by atoms with van der Waals surface area (Å²) in [6, 6.07) is 12.9. The van der Waals surface area contributed by atoms with E-state index in [4.69, 9.17) is 4.74 Å². The first-order chi connectivity index (χ1) is 17.9. The number of hydrogen-bond acceptors (Lipinski definition) is 6. The van der Waals surface area contributed by atoms with Crippen LogP contribution in [0.1, 0.15) is 34.3 Å². The van der Waals surface area contributed by atoms with Gasteiger partial charge in [0, 0.05) is 31.3 Å². The number of fused-ring (bicyclic) bond motifs is 1. The molecule has 2 aromatic carbocycles. The molecule has 37 heavy (non-hydrogen) atoms. The second kappa shape index (κ2) is 10.8. The highest BCUT2D eigenvalue weighted by Gasteiger charge is 2.19. The van der Waals surface area contributed by atoms with Gasteiger partial charge in [0.25, 0.3) is 5.91 Å². The molecule has 1 amide bonds. The van der Waals surface area contributed by atoms with Gasteiger partial charge in [-0.15, -0.1) is 0 Å². The standard InChI is InChI=1S/C26H26FN5O4S/c27-20-7-9-21(10-8-20)32-25-16-28-14-24(23(25)15-30-32)26(33)29-12-18-3-5-19(6-4-18)17-37(34,35)31-13-22-2-1-11-36-22/h3-10,14-16,22,31H,1-2,11-13,17H2,(H,29,33). The fourth-order valence-corrected chi connectivity index (χ4v) is 5.41. The smallest absolute Gasteiger partial charge is 0.253 e. The maximum atomic E-state index is 13.3. The average molecular weight is 524 g/mol. The highest BCUT2D eigenvalue weighted by Crippen LogP contribution is 2.21. The van der Waals surface area contributed by atoms with Crippen molar-refractivity contribution in [2.75, 3.05) is 13.2 Å². The number of carbonyl (C=O) groups is 1. The molecule has 9 nitrogen and oxygen atoms in total. The molecule has 2 aromatic heterocycles. The van der Waals surface area contributed by atoms with Crippen LogP contribution in [0.3, 0.4) is 0 Å². The maximum absolute atomic E-state index is 13.3. The lowest BCUT2D eigenvalue weighted by Gasteiger charge is -2.12. The number of sulfonamides is 1. The van der Waals surface area contributed by atoms with Crippen LogP contribution in [-0.2, 0) is 27.1 Å². The Morgan fingerprint density at radius 1 is 1.05 bits per heavy atom. The summed E-state index contributed by atoms with van der Waals surface area (Å²) in [6.45, 7) is 1.22. The molecule has 0 radical (unpaired) electrons. The second-order valence-electron chi connectivity index (χ2n) is 8.89. The predicted octanol–water partition coefficient (Wildman–Crippen LogP) is 3.09. The minimum absolute atomic E-state index is 0.0564. The van der Waals surface area contributed by atoms with Crippen LogP contribution in [0.4, 0.5) is 4.39 Å². The summed E-state index contributed by atoms with van der Waals surface area (Å²) < 4.78 is 47.7. The molecule has 0 saturated carbocycles. The first-order valence-electron chi connectivity index (χ1n) is 11.9. The minimum atomic E-state index is -3.47. The highest BCUT2D eigenvalue weighted by molar-refractivity contribution is 7.88. The zero-order chi connectivity index (χ0) is 25.8. The van der Waals surface area contributed by atoms with E-state index >= 15 is 0 Å². The number of aromatic nitrogens is 3. The van der Waals surface area contributed by atoms with Gasteiger partial charge in [-0.05, 0) is 48.2 Å². The van der Waals surface area contributed by atoms with E-state index in [-0.39, 0.29) is 36.7 Å². The molecule has 0 spiro atoms. The molecule has 1 fully saturated rings. The molecular weight excluding hydrogens is 497 g/mol. The van der Waals surface area contributed by atoms with Gasteiger partial charge in [-0.1, -0.05) is 24.3 Å². The number of halogens is 1. The number of benzene rings is 2. The molecule has 1 unspecified atom stereocenters. The van der Waals surface area contributed by atoms with Crippen LogP contribution in [0.25, 0.3) is 16.6 Å². The Morgan fingerprint density at radius 3 is 2.54 bits per heavy atom. The van der Waals surface area contributed by atoms with Crippen LogP contribution < -0.4 is 10.0 Å². The lowest BCUT2D eigenvalue weighted by molar-refractivity contribution is 0.0952. The zero-order valence-electron chi connectivity index (χ0n) is 19.9. The van der Waals surface area contributed by atoms with Crippen LogP contribution in [0.15, 0.2) is 67.1 Å². The number of amides is 1. The fourth-order valence-electron chi connectivity index (χ4n) is 4.24. The molecule has 0 bridgehead atoms. The lowest BCUT2D eigenvalue weighted by Crippen LogP contribution is -2.32. The summed E-state index contributed by atoms with van der Waals surface area (Å²) >= 11 is 0. The molecule has 3 heterocycles. The van der Waals surface area contributed by atoms with Crippen molar-refractivity contribution in [3.63, 3.8) is 0 Å². The van der Waals surface area contributed by atoms with Gasteiger partial charge in [-0.2, -0.15) is 5.10 Å². The third-order valence-electron chi connectivity index (χ3n) is 6.20. The quantitative estimate of drug-likeness (QED) is 0.348. The summed E-state index contributed by atoms with van der Waals surface area (Å²) in [5.41, 5.74) is 3.12. The molecule has 1 aliphatic heterocycles. The van der Waals surface area contributed by atoms with Gasteiger partial charge >= 0.3 is 0 Å². The van der Waals surface area contributed by atoms with Crippen LogP contribution >= 0.6 is 0 Å². The molecule has 1 saturated heterocycles. The van der Waals surface area contributed by atoms with E-state index in [2.05, 4.69) is 20.1 Å². The molecule has 192 valence electrons. The summed E-state index contributed by atoms with van der Waals surface area (Å²) in [7, 11) is -3.47. The second-order valence-corrected chi connectivity index (χ2v) is 10.7. The predicted molar refractivity (Wildman–Crippen MR) is 136 cm³/mol.